The van der Waals surface area contributed by atoms with Crippen LogP contribution in [0.1, 0.15) is 11.1 Å². The molecule has 0 saturated carbocycles. The predicted molar refractivity (Wildman–Crippen MR) is 98.6 cm³/mol. The van der Waals surface area contributed by atoms with Gasteiger partial charge in [0.2, 0.25) is 0 Å². The number of epoxide rings is 1. The maximum absolute atomic E-state index is 10.7. The molecule has 1 aliphatic rings. The molecule has 0 amide bonds. The fraction of sp³-hybridized carbons (Fsp3) is 0.333. The van der Waals surface area contributed by atoms with E-state index in [1.807, 2.05) is 44.2 Å². The van der Waals surface area contributed by atoms with E-state index in [0.717, 1.165) is 45.0 Å². The van der Waals surface area contributed by atoms with Crippen molar-refractivity contribution in [2.75, 3.05) is 26.4 Å². The third-order valence-corrected chi connectivity index (χ3v) is 4.53. The molecule has 1 saturated heterocycles. The zero-order valence-electron chi connectivity index (χ0n) is 14.5. The SMILES string of the molecule is Cc1ccc2c(OCCOCC3CO3)c3cc(C)ccc3c(O)c2c1. The highest BCUT2D eigenvalue weighted by Crippen LogP contribution is 2.42. The van der Waals surface area contributed by atoms with Crippen LogP contribution in [-0.2, 0) is 9.47 Å². The third-order valence-electron chi connectivity index (χ3n) is 4.53. The molecule has 3 aromatic rings. The molecule has 1 aliphatic heterocycles. The molecule has 0 bridgehead atoms. The highest BCUT2D eigenvalue weighted by Gasteiger charge is 2.22. The molecule has 0 aromatic heterocycles. The van der Waals surface area contributed by atoms with Crippen LogP contribution in [0.5, 0.6) is 11.5 Å². The lowest BCUT2D eigenvalue weighted by atomic mass is 9.98. The first-order valence-electron chi connectivity index (χ1n) is 8.61. The van der Waals surface area contributed by atoms with Crippen LogP contribution in [0.15, 0.2) is 36.4 Å². The average Bonchev–Trinajstić information content (AvgIpc) is 3.41. The average molecular weight is 338 g/mol. The number of phenols is 1. The Hall–Kier alpha value is -2.30. The lowest BCUT2D eigenvalue weighted by Crippen LogP contribution is -2.10. The number of ether oxygens (including phenoxy) is 3. The molecule has 1 unspecified atom stereocenters. The predicted octanol–water partition coefficient (Wildman–Crippen LogP) is 4.11. The minimum Gasteiger partial charge on any atom is -0.507 e. The van der Waals surface area contributed by atoms with Gasteiger partial charge in [0.25, 0.3) is 0 Å². The summed E-state index contributed by atoms with van der Waals surface area (Å²) in [5.41, 5.74) is 2.23. The largest absolute Gasteiger partial charge is 0.507 e. The van der Waals surface area contributed by atoms with Crippen LogP contribution in [0.4, 0.5) is 0 Å². The Labute approximate surface area is 146 Å². The van der Waals surface area contributed by atoms with E-state index in [1.165, 1.54) is 0 Å². The Balaban J connectivity index is 1.72. The van der Waals surface area contributed by atoms with Crippen molar-refractivity contribution in [1.29, 1.82) is 0 Å². The van der Waals surface area contributed by atoms with Gasteiger partial charge in [-0.3, -0.25) is 0 Å². The second-order valence-corrected chi connectivity index (χ2v) is 6.65. The van der Waals surface area contributed by atoms with Gasteiger partial charge >= 0.3 is 0 Å². The van der Waals surface area contributed by atoms with Gasteiger partial charge in [0.1, 0.15) is 24.2 Å². The molecule has 4 nitrogen and oxygen atoms in total. The van der Waals surface area contributed by atoms with Crippen molar-refractivity contribution in [2.45, 2.75) is 20.0 Å². The van der Waals surface area contributed by atoms with Crippen LogP contribution in [0, 0.1) is 13.8 Å². The summed E-state index contributed by atoms with van der Waals surface area (Å²) in [5, 5.41) is 14.2. The maximum atomic E-state index is 10.7. The molecule has 0 aliphatic carbocycles. The first-order valence-corrected chi connectivity index (χ1v) is 8.61. The summed E-state index contributed by atoms with van der Waals surface area (Å²) in [7, 11) is 0. The van der Waals surface area contributed by atoms with Gasteiger partial charge in [0, 0.05) is 21.5 Å². The standard InChI is InChI=1S/C21H22O4/c1-13-4-6-17-18(9-13)20(22)16-5-3-14(2)10-19(16)21(17)24-8-7-23-11-15-12-25-15/h3-6,9-10,15,22H,7-8,11-12H2,1-2H3. The van der Waals surface area contributed by atoms with Gasteiger partial charge in [-0.25, -0.2) is 0 Å². The lowest BCUT2D eigenvalue weighted by Gasteiger charge is -2.16. The fourth-order valence-corrected chi connectivity index (χ4v) is 3.13. The molecule has 3 aromatic carbocycles. The summed E-state index contributed by atoms with van der Waals surface area (Å²) in [6.45, 7) is 6.46. The molecule has 1 fully saturated rings. The molecule has 130 valence electrons. The topological polar surface area (TPSA) is 51.2 Å². The van der Waals surface area contributed by atoms with Crippen molar-refractivity contribution in [3.63, 3.8) is 0 Å². The summed E-state index contributed by atoms with van der Waals surface area (Å²) in [5.74, 6) is 1.11. The number of phenolic OH excluding ortho intramolecular Hbond substituents is 1. The van der Waals surface area contributed by atoms with E-state index in [1.54, 1.807) is 0 Å². The van der Waals surface area contributed by atoms with Crippen LogP contribution in [0.2, 0.25) is 0 Å². The Morgan fingerprint density at radius 2 is 1.64 bits per heavy atom. The fourth-order valence-electron chi connectivity index (χ4n) is 3.13. The van der Waals surface area contributed by atoms with Gasteiger partial charge in [0.15, 0.2) is 0 Å². The first kappa shape index (κ1) is 16.2. The van der Waals surface area contributed by atoms with E-state index < -0.39 is 0 Å². The molecule has 1 heterocycles. The van der Waals surface area contributed by atoms with E-state index in [0.29, 0.717) is 25.6 Å². The molecule has 0 radical (unpaired) electrons. The van der Waals surface area contributed by atoms with Crippen molar-refractivity contribution < 1.29 is 19.3 Å². The zero-order valence-corrected chi connectivity index (χ0v) is 14.5. The minimum absolute atomic E-state index is 0.265. The van der Waals surface area contributed by atoms with Crippen LogP contribution in [0.25, 0.3) is 21.5 Å². The van der Waals surface area contributed by atoms with Crippen LogP contribution in [0.3, 0.4) is 0 Å². The number of fused-ring (bicyclic) bond motifs is 2. The monoisotopic (exact) mass is 338 g/mol. The molecule has 1 atom stereocenters. The van der Waals surface area contributed by atoms with E-state index >= 15 is 0 Å². The highest BCUT2D eigenvalue weighted by molar-refractivity contribution is 6.11. The second-order valence-electron chi connectivity index (χ2n) is 6.65. The Bertz CT molecular complexity index is 928. The summed E-state index contributed by atoms with van der Waals surface area (Å²) in [6, 6.07) is 12.1. The summed E-state index contributed by atoms with van der Waals surface area (Å²) < 4.78 is 16.8. The van der Waals surface area contributed by atoms with Gasteiger partial charge in [0.05, 0.1) is 19.8 Å². The number of benzene rings is 3. The quantitative estimate of drug-likeness (QED) is 0.417. The van der Waals surface area contributed by atoms with Gasteiger partial charge in [-0.15, -0.1) is 0 Å². The van der Waals surface area contributed by atoms with Crippen molar-refractivity contribution in [1.82, 2.24) is 0 Å². The Morgan fingerprint density at radius 1 is 0.960 bits per heavy atom. The summed E-state index contributed by atoms with van der Waals surface area (Å²) in [4.78, 5) is 0. The van der Waals surface area contributed by atoms with Gasteiger partial charge < -0.3 is 19.3 Å². The maximum Gasteiger partial charge on any atom is 0.135 e. The normalized spacial score (nSPS) is 16.5. The van der Waals surface area contributed by atoms with E-state index in [-0.39, 0.29) is 6.10 Å². The smallest absolute Gasteiger partial charge is 0.135 e. The Kier molecular flexibility index (Phi) is 4.24. The minimum atomic E-state index is 0.265. The van der Waals surface area contributed by atoms with Crippen LogP contribution >= 0.6 is 0 Å². The molecule has 4 rings (SSSR count). The number of hydrogen-bond donors (Lipinski definition) is 1. The van der Waals surface area contributed by atoms with Crippen LogP contribution in [-0.4, -0.2) is 37.6 Å². The number of aryl methyl sites for hydroxylation is 2. The van der Waals surface area contributed by atoms with Gasteiger partial charge in [-0.05, 0) is 26.0 Å². The van der Waals surface area contributed by atoms with Crippen molar-refractivity contribution >= 4 is 21.5 Å². The molecule has 0 spiro atoms. The Morgan fingerprint density at radius 3 is 2.36 bits per heavy atom. The molecule has 4 heteroatoms. The van der Waals surface area contributed by atoms with Crippen molar-refractivity contribution in [3.8, 4) is 11.5 Å². The third kappa shape index (κ3) is 3.28. The molecular weight excluding hydrogens is 316 g/mol. The van der Waals surface area contributed by atoms with E-state index in [4.69, 9.17) is 14.2 Å². The van der Waals surface area contributed by atoms with Gasteiger partial charge in [-0.1, -0.05) is 35.4 Å². The van der Waals surface area contributed by atoms with E-state index in [9.17, 15) is 5.11 Å². The second kappa shape index (κ2) is 6.54. The van der Waals surface area contributed by atoms with E-state index in [2.05, 4.69) is 6.07 Å². The number of rotatable bonds is 6. The van der Waals surface area contributed by atoms with Crippen LogP contribution < -0.4 is 4.74 Å². The molecule has 25 heavy (non-hydrogen) atoms. The highest BCUT2D eigenvalue weighted by atomic mass is 16.6. The summed E-state index contributed by atoms with van der Waals surface area (Å²) in [6.07, 6.45) is 0.265. The van der Waals surface area contributed by atoms with Crippen molar-refractivity contribution in [3.05, 3.63) is 47.5 Å². The summed E-state index contributed by atoms with van der Waals surface area (Å²) >= 11 is 0. The van der Waals surface area contributed by atoms with Gasteiger partial charge in [-0.2, -0.15) is 0 Å². The molecule has 1 N–H and O–H groups in total. The molecular formula is C21H22O4. The van der Waals surface area contributed by atoms with Crippen molar-refractivity contribution in [2.24, 2.45) is 0 Å². The number of hydrogen-bond acceptors (Lipinski definition) is 4. The first-order chi connectivity index (χ1) is 12.1. The number of aromatic hydroxyl groups is 1. The lowest BCUT2D eigenvalue weighted by molar-refractivity contribution is 0.0887. The zero-order chi connectivity index (χ0) is 17.4.